The maximum absolute atomic E-state index is 5.98. The fraction of sp³-hybridized carbons (Fsp3) is 0.273. The molecule has 0 bridgehead atoms. The van der Waals surface area contributed by atoms with Crippen molar-refractivity contribution in [3.8, 4) is 0 Å². The van der Waals surface area contributed by atoms with E-state index in [-0.39, 0.29) is 0 Å². The number of hydrogen-bond acceptors (Lipinski definition) is 6. The zero-order chi connectivity index (χ0) is 11.8. The van der Waals surface area contributed by atoms with Crippen molar-refractivity contribution >= 4 is 27.3 Å². The first-order valence-electron chi connectivity index (χ1n) is 5.32. The predicted octanol–water partition coefficient (Wildman–Crippen LogP) is 2.61. The number of fused-ring (bicyclic) bond motifs is 1. The highest BCUT2D eigenvalue weighted by molar-refractivity contribution is 7.19. The molecule has 0 aliphatic heterocycles. The number of anilines is 1. The van der Waals surface area contributed by atoms with E-state index in [0.29, 0.717) is 17.7 Å². The van der Waals surface area contributed by atoms with Crippen LogP contribution in [0, 0.1) is 0 Å². The van der Waals surface area contributed by atoms with Gasteiger partial charge in [-0.05, 0) is 6.42 Å². The molecule has 0 aliphatic carbocycles. The number of thiophene rings is 1. The number of oxazole rings is 1. The summed E-state index contributed by atoms with van der Waals surface area (Å²) in [6.07, 6.45) is 4.53. The molecule has 6 heteroatoms. The number of hydrogen-bond donors (Lipinski definition) is 1. The van der Waals surface area contributed by atoms with Crippen LogP contribution in [0.3, 0.4) is 0 Å². The summed E-state index contributed by atoms with van der Waals surface area (Å²) in [5.74, 6) is 0. The van der Waals surface area contributed by atoms with Gasteiger partial charge in [0.1, 0.15) is 16.7 Å². The first-order valence-corrected chi connectivity index (χ1v) is 6.13. The van der Waals surface area contributed by atoms with Gasteiger partial charge in [-0.3, -0.25) is 0 Å². The zero-order valence-corrected chi connectivity index (χ0v) is 10.1. The second kappa shape index (κ2) is 3.89. The van der Waals surface area contributed by atoms with Gasteiger partial charge < -0.3 is 14.7 Å². The van der Waals surface area contributed by atoms with E-state index in [1.54, 1.807) is 17.6 Å². The molecule has 0 aromatic carbocycles. The third-order valence-electron chi connectivity index (χ3n) is 2.64. The smallest absolute Gasteiger partial charge is 0.201 e. The molecular weight excluding hydrogens is 238 g/mol. The van der Waals surface area contributed by atoms with Crippen molar-refractivity contribution in [2.24, 2.45) is 0 Å². The van der Waals surface area contributed by atoms with Gasteiger partial charge in [0, 0.05) is 11.3 Å². The standard InChI is InChI=1S/C11H11N3O2S/c1-2-8-9(12)10-11(17-8)7(14-16-10)3-6-4-15-5-13-6/h4-5H,2-3,12H2,1H3. The molecule has 3 rings (SSSR count). The van der Waals surface area contributed by atoms with Crippen LogP contribution in [0.15, 0.2) is 21.6 Å². The largest absolute Gasteiger partial charge is 0.451 e. The summed E-state index contributed by atoms with van der Waals surface area (Å²) in [7, 11) is 0. The van der Waals surface area contributed by atoms with Crippen molar-refractivity contribution in [3.05, 3.63) is 28.9 Å². The van der Waals surface area contributed by atoms with E-state index in [1.165, 1.54) is 6.39 Å². The average molecular weight is 249 g/mol. The van der Waals surface area contributed by atoms with Gasteiger partial charge in [-0.1, -0.05) is 12.1 Å². The minimum atomic E-state index is 0.604. The zero-order valence-electron chi connectivity index (χ0n) is 9.27. The Morgan fingerprint density at radius 1 is 1.47 bits per heavy atom. The Kier molecular flexibility index (Phi) is 2.36. The van der Waals surface area contributed by atoms with Crippen LogP contribution in [0.4, 0.5) is 5.69 Å². The third kappa shape index (κ3) is 1.61. The van der Waals surface area contributed by atoms with Crippen LogP contribution in [0.2, 0.25) is 0 Å². The molecule has 0 spiro atoms. The maximum atomic E-state index is 5.98. The monoisotopic (exact) mass is 249 g/mol. The summed E-state index contributed by atoms with van der Waals surface area (Å²) in [5, 5.41) is 4.04. The van der Waals surface area contributed by atoms with Gasteiger partial charge >= 0.3 is 0 Å². The minimum absolute atomic E-state index is 0.604. The summed E-state index contributed by atoms with van der Waals surface area (Å²) in [6, 6.07) is 0. The van der Waals surface area contributed by atoms with Crippen LogP contribution in [0.1, 0.15) is 23.2 Å². The molecule has 0 fully saturated rings. The summed E-state index contributed by atoms with van der Waals surface area (Å²) in [5.41, 5.74) is 9.10. The molecule has 3 aromatic rings. The van der Waals surface area contributed by atoms with Crippen LogP contribution in [0.5, 0.6) is 0 Å². The van der Waals surface area contributed by atoms with Crippen molar-refractivity contribution in [1.82, 2.24) is 10.1 Å². The van der Waals surface area contributed by atoms with Crippen LogP contribution in [-0.2, 0) is 12.8 Å². The molecule has 3 aromatic heterocycles. The number of nitrogens with two attached hydrogens (primary N) is 1. The second-order valence-corrected chi connectivity index (χ2v) is 4.84. The first-order chi connectivity index (χ1) is 8.29. The highest BCUT2D eigenvalue weighted by atomic mass is 32.1. The van der Waals surface area contributed by atoms with Gasteiger partial charge in [-0.15, -0.1) is 11.3 Å². The molecule has 17 heavy (non-hydrogen) atoms. The van der Waals surface area contributed by atoms with E-state index in [2.05, 4.69) is 17.1 Å². The number of nitrogen functional groups attached to an aromatic ring is 1. The van der Waals surface area contributed by atoms with Crippen LogP contribution < -0.4 is 5.73 Å². The van der Waals surface area contributed by atoms with Crippen molar-refractivity contribution < 1.29 is 8.94 Å². The third-order valence-corrected chi connectivity index (χ3v) is 4.02. The van der Waals surface area contributed by atoms with Crippen molar-refractivity contribution in [2.45, 2.75) is 19.8 Å². The summed E-state index contributed by atoms with van der Waals surface area (Å²) in [4.78, 5) is 5.21. The lowest BCUT2D eigenvalue weighted by atomic mass is 10.2. The molecule has 0 amide bonds. The van der Waals surface area contributed by atoms with Gasteiger partial charge in [-0.25, -0.2) is 4.98 Å². The molecule has 2 N–H and O–H groups in total. The Hall–Kier alpha value is -1.82. The van der Waals surface area contributed by atoms with Crippen molar-refractivity contribution in [1.29, 1.82) is 0 Å². The molecule has 5 nitrogen and oxygen atoms in total. The van der Waals surface area contributed by atoms with Gasteiger partial charge in [0.25, 0.3) is 0 Å². The van der Waals surface area contributed by atoms with Crippen LogP contribution >= 0.6 is 11.3 Å². The maximum Gasteiger partial charge on any atom is 0.201 e. The summed E-state index contributed by atoms with van der Waals surface area (Å²) >= 11 is 1.64. The fourth-order valence-corrected chi connectivity index (χ4v) is 2.83. The summed E-state index contributed by atoms with van der Waals surface area (Å²) < 4.78 is 11.2. The fourth-order valence-electron chi connectivity index (χ4n) is 1.77. The molecule has 0 radical (unpaired) electrons. The molecule has 0 unspecified atom stereocenters. The highest BCUT2D eigenvalue weighted by Gasteiger charge is 2.17. The second-order valence-electron chi connectivity index (χ2n) is 3.74. The molecule has 0 saturated heterocycles. The van der Waals surface area contributed by atoms with E-state index in [4.69, 9.17) is 14.7 Å². The lowest BCUT2D eigenvalue weighted by molar-refractivity contribution is 0.448. The van der Waals surface area contributed by atoms with E-state index in [0.717, 1.165) is 27.4 Å². The Balaban J connectivity index is 2.05. The molecule has 0 aliphatic rings. The van der Waals surface area contributed by atoms with E-state index >= 15 is 0 Å². The Bertz CT molecular complexity index is 639. The number of nitrogens with zero attached hydrogens (tertiary/aromatic N) is 2. The first kappa shape index (κ1) is 10.3. The van der Waals surface area contributed by atoms with Crippen molar-refractivity contribution in [2.75, 3.05) is 5.73 Å². The van der Waals surface area contributed by atoms with E-state index in [1.807, 2.05) is 0 Å². The van der Waals surface area contributed by atoms with Gasteiger partial charge in [0.2, 0.25) is 5.58 Å². The summed E-state index contributed by atoms with van der Waals surface area (Å²) in [6.45, 7) is 2.08. The Labute approximate surface area is 101 Å². The number of aryl methyl sites for hydroxylation is 1. The van der Waals surface area contributed by atoms with Gasteiger partial charge in [0.15, 0.2) is 6.39 Å². The van der Waals surface area contributed by atoms with Crippen molar-refractivity contribution in [3.63, 3.8) is 0 Å². The molecule has 3 heterocycles. The lowest BCUT2D eigenvalue weighted by Crippen LogP contribution is -1.87. The van der Waals surface area contributed by atoms with Crippen LogP contribution in [-0.4, -0.2) is 10.1 Å². The Morgan fingerprint density at radius 2 is 2.35 bits per heavy atom. The minimum Gasteiger partial charge on any atom is -0.451 e. The van der Waals surface area contributed by atoms with E-state index in [9.17, 15) is 0 Å². The molecular formula is C11H11N3O2S. The SMILES string of the molecule is CCc1sc2c(Cc3cocn3)noc2c1N. The number of rotatable bonds is 3. The average Bonchev–Trinajstić information content (AvgIpc) is 3.00. The topological polar surface area (TPSA) is 78.1 Å². The Morgan fingerprint density at radius 3 is 3.06 bits per heavy atom. The quantitative estimate of drug-likeness (QED) is 0.772. The molecule has 0 saturated carbocycles. The number of aromatic nitrogens is 2. The van der Waals surface area contributed by atoms with Gasteiger partial charge in [-0.2, -0.15) is 0 Å². The van der Waals surface area contributed by atoms with Crippen LogP contribution in [0.25, 0.3) is 10.3 Å². The van der Waals surface area contributed by atoms with Gasteiger partial charge in [0.05, 0.1) is 11.4 Å². The predicted molar refractivity (Wildman–Crippen MR) is 65.0 cm³/mol. The molecule has 0 atom stereocenters. The molecule has 88 valence electrons. The highest BCUT2D eigenvalue weighted by Crippen LogP contribution is 2.36. The normalized spacial score (nSPS) is 11.4. The van der Waals surface area contributed by atoms with E-state index < -0.39 is 0 Å². The lowest BCUT2D eigenvalue weighted by Gasteiger charge is -1.90.